The van der Waals surface area contributed by atoms with Gasteiger partial charge in [-0.1, -0.05) is 28.1 Å². The maximum absolute atomic E-state index is 12.6. The van der Waals surface area contributed by atoms with Crippen molar-refractivity contribution < 1.29 is 14.3 Å². The number of carbonyl (C=O) groups excluding carboxylic acids is 1. The van der Waals surface area contributed by atoms with Crippen molar-refractivity contribution in [1.29, 1.82) is 0 Å². The van der Waals surface area contributed by atoms with E-state index >= 15 is 0 Å². The Morgan fingerprint density at radius 2 is 1.67 bits per heavy atom. The number of ketones is 1. The first-order valence-electron chi connectivity index (χ1n) is 6.85. The zero-order chi connectivity index (χ0) is 14.8. The Morgan fingerprint density at radius 3 is 2.43 bits per heavy atom. The van der Waals surface area contributed by atoms with E-state index < -0.39 is 0 Å². The highest BCUT2D eigenvalue weighted by Crippen LogP contribution is 2.31. The third-order valence-electron chi connectivity index (χ3n) is 3.44. The van der Waals surface area contributed by atoms with E-state index in [1.807, 2.05) is 25.1 Å². The van der Waals surface area contributed by atoms with Crippen molar-refractivity contribution in [2.75, 3.05) is 13.2 Å². The lowest BCUT2D eigenvalue weighted by molar-refractivity contribution is 0.103. The van der Waals surface area contributed by atoms with E-state index in [-0.39, 0.29) is 5.78 Å². The summed E-state index contributed by atoms with van der Waals surface area (Å²) in [5.41, 5.74) is 2.36. The summed E-state index contributed by atoms with van der Waals surface area (Å²) in [5, 5.41) is 0. The van der Waals surface area contributed by atoms with Gasteiger partial charge >= 0.3 is 0 Å². The molecule has 1 aliphatic heterocycles. The maximum Gasteiger partial charge on any atom is 0.193 e. The molecule has 3 nitrogen and oxygen atoms in total. The monoisotopic (exact) mass is 346 g/mol. The van der Waals surface area contributed by atoms with Gasteiger partial charge in [-0.2, -0.15) is 0 Å². The van der Waals surface area contributed by atoms with Crippen molar-refractivity contribution in [3.8, 4) is 11.5 Å². The minimum Gasteiger partial charge on any atom is -0.490 e. The third-order valence-corrected chi connectivity index (χ3v) is 4.30. The number of carbonyl (C=O) groups is 1. The molecule has 0 aliphatic carbocycles. The van der Waals surface area contributed by atoms with Gasteiger partial charge in [-0.3, -0.25) is 4.79 Å². The molecule has 2 aromatic rings. The second kappa shape index (κ2) is 5.90. The fraction of sp³-hybridized carbons (Fsp3) is 0.235. The highest BCUT2D eigenvalue weighted by Gasteiger charge is 2.15. The number of benzene rings is 2. The summed E-state index contributed by atoms with van der Waals surface area (Å²) in [6.07, 6.45) is 0.850. The van der Waals surface area contributed by atoms with Gasteiger partial charge in [0.15, 0.2) is 17.3 Å². The molecule has 0 spiro atoms. The van der Waals surface area contributed by atoms with Gasteiger partial charge in [-0.05, 0) is 36.8 Å². The van der Waals surface area contributed by atoms with Crippen LogP contribution in [0.3, 0.4) is 0 Å². The van der Waals surface area contributed by atoms with Crippen molar-refractivity contribution >= 4 is 21.7 Å². The van der Waals surface area contributed by atoms with Crippen LogP contribution in [-0.4, -0.2) is 19.0 Å². The Labute approximate surface area is 132 Å². The Hall–Kier alpha value is -1.81. The van der Waals surface area contributed by atoms with Crippen LogP contribution < -0.4 is 9.47 Å². The second-order valence-corrected chi connectivity index (χ2v) is 5.86. The van der Waals surface area contributed by atoms with E-state index in [9.17, 15) is 4.79 Å². The van der Waals surface area contributed by atoms with E-state index in [1.165, 1.54) is 0 Å². The zero-order valence-corrected chi connectivity index (χ0v) is 13.3. The Morgan fingerprint density at radius 1 is 1.00 bits per heavy atom. The Bertz CT molecular complexity index is 694. The average molecular weight is 347 g/mol. The van der Waals surface area contributed by atoms with E-state index in [2.05, 4.69) is 15.9 Å². The van der Waals surface area contributed by atoms with Crippen molar-refractivity contribution in [2.45, 2.75) is 13.3 Å². The summed E-state index contributed by atoms with van der Waals surface area (Å²) in [6, 6.07) is 11.0. The summed E-state index contributed by atoms with van der Waals surface area (Å²) in [7, 11) is 0. The molecule has 4 heteroatoms. The molecule has 0 N–H and O–H groups in total. The quantitative estimate of drug-likeness (QED) is 0.766. The summed E-state index contributed by atoms with van der Waals surface area (Å²) >= 11 is 3.46. The highest BCUT2D eigenvalue weighted by molar-refractivity contribution is 9.10. The molecular formula is C17H15BrO3. The first kappa shape index (κ1) is 14.1. The smallest absolute Gasteiger partial charge is 0.193 e. The molecule has 1 aliphatic rings. The summed E-state index contributed by atoms with van der Waals surface area (Å²) < 4.78 is 12.1. The topological polar surface area (TPSA) is 35.5 Å². The third kappa shape index (κ3) is 2.95. The minimum atomic E-state index is -0.0219. The van der Waals surface area contributed by atoms with Gasteiger partial charge in [-0.15, -0.1) is 0 Å². The molecule has 0 fully saturated rings. The highest BCUT2D eigenvalue weighted by atomic mass is 79.9. The summed E-state index contributed by atoms with van der Waals surface area (Å²) in [5.74, 6) is 1.32. The molecule has 21 heavy (non-hydrogen) atoms. The fourth-order valence-corrected chi connectivity index (χ4v) is 2.58. The lowest BCUT2D eigenvalue weighted by Crippen LogP contribution is -2.03. The molecule has 0 atom stereocenters. The number of aryl methyl sites for hydroxylation is 1. The first-order valence-corrected chi connectivity index (χ1v) is 7.65. The van der Waals surface area contributed by atoms with Crippen LogP contribution in [0.5, 0.6) is 11.5 Å². The van der Waals surface area contributed by atoms with E-state index in [4.69, 9.17) is 9.47 Å². The molecule has 108 valence electrons. The van der Waals surface area contributed by atoms with Crippen LogP contribution in [0.1, 0.15) is 27.9 Å². The van der Waals surface area contributed by atoms with Crippen LogP contribution >= 0.6 is 15.9 Å². The first-order chi connectivity index (χ1) is 10.1. The standard InChI is InChI=1S/C17H15BrO3/c1-11-3-4-12(9-14(11)18)17(19)13-5-6-15-16(10-13)21-8-2-7-20-15/h3-6,9-10H,2,7-8H2,1H3. The average Bonchev–Trinajstić information content (AvgIpc) is 2.73. The van der Waals surface area contributed by atoms with Gasteiger partial charge in [-0.25, -0.2) is 0 Å². The van der Waals surface area contributed by atoms with Crippen LogP contribution in [-0.2, 0) is 0 Å². The van der Waals surface area contributed by atoms with Crippen LogP contribution in [0, 0.1) is 6.92 Å². The van der Waals surface area contributed by atoms with Gasteiger partial charge in [0.2, 0.25) is 0 Å². The van der Waals surface area contributed by atoms with Crippen molar-refractivity contribution in [1.82, 2.24) is 0 Å². The molecule has 1 heterocycles. The molecule has 0 aromatic heterocycles. The minimum absolute atomic E-state index is 0.0219. The van der Waals surface area contributed by atoms with Crippen molar-refractivity contribution in [3.63, 3.8) is 0 Å². The molecule has 0 saturated heterocycles. The van der Waals surface area contributed by atoms with Gasteiger partial charge in [0, 0.05) is 22.0 Å². The molecule has 0 radical (unpaired) electrons. The molecular weight excluding hydrogens is 332 g/mol. The Balaban J connectivity index is 1.94. The van der Waals surface area contributed by atoms with Crippen molar-refractivity contribution in [3.05, 3.63) is 57.6 Å². The SMILES string of the molecule is Cc1ccc(C(=O)c2ccc3c(c2)OCCCO3)cc1Br. The fourth-order valence-electron chi connectivity index (χ4n) is 2.21. The van der Waals surface area contributed by atoms with E-state index in [0.29, 0.717) is 35.8 Å². The maximum atomic E-state index is 12.6. The van der Waals surface area contributed by atoms with Crippen LogP contribution in [0.25, 0.3) is 0 Å². The largest absolute Gasteiger partial charge is 0.490 e. The molecule has 3 rings (SSSR count). The van der Waals surface area contributed by atoms with Crippen LogP contribution in [0.2, 0.25) is 0 Å². The molecule has 0 saturated carbocycles. The lowest BCUT2D eigenvalue weighted by Gasteiger charge is -2.09. The van der Waals surface area contributed by atoms with Crippen LogP contribution in [0.4, 0.5) is 0 Å². The van der Waals surface area contributed by atoms with Gasteiger partial charge < -0.3 is 9.47 Å². The second-order valence-electron chi connectivity index (χ2n) is 5.01. The van der Waals surface area contributed by atoms with Gasteiger partial charge in [0.25, 0.3) is 0 Å². The number of hydrogen-bond acceptors (Lipinski definition) is 3. The number of hydrogen-bond donors (Lipinski definition) is 0. The molecule has 0 bridgehead atoms. The predicted molar refractivity (Wildman–Crippen MR) is 84.4 cm³/mol. The Kier molecular flexibility index (Phi) is 3.97. The normalized spacial score (nSPS) is 13.6. The molecule has 2 aromatic carbocycles. The van der Waals surface area contributed by atoms with Crippen LogP contribution in [0.15, 0.2) is 40.9 Å². The zero-order valence-electron chi connectivity index (χ0n) is 11.7. The number of rotatable bonds is 2. The van der Waals surface area contributed by atoms with E-state index in [0.717, 1.165) is 16.5 Å². The number of ether oxygens (including phenoxy) is 2. The van der Waals surface area contributed by atoms with Gasteiger partial charge in [0.1, 0.15) is 0 Å². The lowest BCUT2D eigenvalue weighted by atomic mass is 10.0. The number of halogens is 1. The summed E-state index contributed by atoms with van der Waals surface area (Å²) in [4.78, 5) is 12.6. The van der Waals surface area contributed by atoms with Crippen molar-refractivity contribution in [2.24, 2.45) is 0 Å². The molecule has 0 amide bonds. The predicted octanol–water partition coefficient (Wildman–Crippen LogP) is 4.15. The van der Waals surface area contributed by atoms with E-state index in [1.54, 1.807) is 18.2 Å². The molecule has 0 unspecified atom stereocenters. The number of fused-ring (bicyclic) bond motifs is 1. The van der Waals surface area contributed by atoms with Gasteiger partial charge in [0.05, 0.1) is 13.2 Å². The summed E-state index contributed by atoms with van der Waals surface area (Å²) in [6.45, 7) is 3.25.